The van der Waals surface area contributed by atoms with Crippen LogP contribution in [0.4, 0.5) is 17.1 Å². The van der Waals surface area contributed by atoms with Gasteiger partial charge in [-0.1, -0.05) is 18.2 Å². The first-order valence-corrected chi connectivity index (χ1v) is 7.00. The highest BCUT2D eigenvalue weighted by molar-refractivity contribution is 5.68. The molecular formula is C17H22N2O2. The lowest BCUT2D eigenvalue weighted by molar-refractivity contribution is 0.185. The molecule has 0 amide bonds. The number of benzene rings is 2. The molecule has 2 rings (SSSR count). The van der Waals surface area contributed by atoms with E-state index in [1.165, 1.54) is 0 Å². The van der Waals surface area contributed by atoms with E-state index in [1.54, 1.807) is 7.11 Å². The Bertz CT molecular complexity index is 597. The molecule has 0 radical (unpaired) electrons. The average molecular weight is 286 g/mol. The average Bonchev–Trinajstić information content (AvgIpc) is 2.44. The first-order valence-electron chi connectivity index (χ1n) is 7.00. The van der Waals surface area contributed by atoms with Gasteiger partial charge in [-0.05, 0) is 32.0 Å². The van der Waals surface area contributed by atoms with E-state index < -0.39 is 0 Å². The molecule has 0 saturated carbocycles. The van der Waals surface area contributed by atoms with Gasteiger partial charge < -0.3 is 20.5 Å². The van der Waals surface area contributed by atoms with E-state index in [4.69, 9.17) is 15.2 Å². The molecule has 0 fully saturated rings. The molecule has 4 heteroatoms. The van der Waals surface area contributed by atoms with E-state index in [0.29, 0.717) is 18.0 Å². The minimum absolute atomic E-state index is 0.0864. The molecule has 21 heavy (non-hydrogen) atoms. The van der Waals surface area contributed by atoms with Crippen LogP contribution in [0.2, 0.25) is 0 Å². The minimum atomic E-state index is 0.0864. The Morgan fingerprint density at radius 1 is 1.14 bits per heavy atom. The predicted molar refractivity (Wildman–Crippen MR) is 87.1 cm³/mol. The molecule has 3 N–H and O–H groups in total. The van der Waals surface area contributed by atoms with Gasteiger partial charge in [0.1, 0.15) is 5.75 Å². The van der Waals surface area contributed by atoms with Crippen molar-refractivity contribution in [2.75, 3.05) is 18.2 Å². The minimum Gasteiger partial charge on any atom is -0.489 e. The number of nitrogens with two attached hydrogens (primary N) is 1. The van der Waals surface area contributed by atoms with Crippen molar-refractivity contribution < 1.29 is 9.47 Å². The normalized spacial score (nSPS) is 10.7. The summed E-state index contributed by atoms with van der Waals surface area (Å²) in [6.07, 6.45) is 0.0864. The third kappa shape index (κ3) is 4.13. The number of hydrogen-bond acceptors (Lipinski definition) is 4. The zero-order valence-corrected chi connectivity index (χ0v) is 12.7. The van der Waals surface area contributed by atoms with Gasteiger partial charge in [-0.2, -0.15) is 0 Å². The highest BCUT2D eigenvalue weighted by Crippen LogP contribution is 2.29. The molecule has 0 heterocycles. The van der Waals surface area contributed by atoms with Crippen LogP contribution in [0.25, 0.3) is 0 Å². The van der Waals surface area contributed by atoms with Gasteiger partial charge in [0.25, 0.3) is 0 Å². The fraction of sp³-hybridized carbons (Fsp3) is 0.294. The van der Waals surface area contributed by atoms with Crippen LogP contribution in [0.15, 0.2) is 42.5 Å². The molecule has 2 aromatic carbocycles. The number of methoxy groups -OCH3 is 1. The van der Waals surface area contributed by atoms with Gasteiger partial charge in [-0.25, -0.2) is 0 Å². The SMILES string of the molecule is COCc1ccccc1Nc1ccc(N)c(OC(C)C)c1. The Balaban J connectivity index is 2.23. The Morgan fingerprint density at radius 3 is 2.62 bits per heavy atom. The first-order chi connectivity index (χ1) is 10.1. The summed E-state index contributed by atoms with van der Waals surface area (Å²) in [4.78, 5) is 0. The lowest BCUT2D eigenvalue weighted by Gasteiger charge is -2.15. The lowest BCUT2D eigenvalue weighted by atomic mass is 10.1. The Hall–Kier alpha value is -2.20. The lowest BCUT2D eigenvalue weighted by Crippen LogP contribution is -2.07. The fourth-order valence-corrected chi connectivity index (χ4v) is 2.05. The van der Waals surface area contributed by atoms with Crippen molar-refractivity contribution >= 4 is 17.1 Å². The molecule has 112 valence electrons. The van der Waals surface area contributed by atoms with Crippen LogP contribution in [-0.2, 0) is 11.3 Å². The van der Waals surface area contributed by atoms with Crippen LogP contribution < -0.4 is 15.8 Å². The van der Waals surface area contributed by atoms with Gasteiger partial charge in [0.2, 0.25) is 0 Å². The van der Waals surface area contributed by atoms with E-state index in [0.717, 1.165) is 16.9 Å². The highest BCUT2D eigenvalue weighted by atomic mass is 16.5. The summed E-state index contributed by atoms with van der Waals surface area (Å²) in [6, 6.07) is 13.7. The molecular weight excluding hydrogens is 264 g/mol. The third-order valence-electron chi connectivity index (χ3n) is 2.97. The van der Waals surface area contributed by atoms with Gasteiger partial charge >= 0.3 is 0 Å². The summed E-state index contributed by atoms with van der Waals surface area (Å²) in [6.45, 7) is 4.52. The van der Waals surface area contributed by atoms with Crippen molar-refractivity contribution in [1.29, 1.82) is 0 Å². The van der Waals surface area contributed by atoms with Crippen molar-refractivity contribution in [3.05, 3.63) is 48.0 Å². The molecule has 0 aliphatic heterocycles. The topological polar surface area (TPSA) is 56.5 Å². The van der Waals surface area contributed by atoms with Gasteiger partial charge in [0.15, 0.2) is 0 Å². The van der Waals surface area contributed by atoms with E-state index in [-0.39, 0.29) is 6.10 Å². The summed E-state index contributed by atoms with van der Waals surface area (Å²) in [5.41, 5.74) is 9.62. The second kappa shape index (κ2) is 6.99. The third-order valence-corrected chi connectivity index (χ3v) is 2.97. The summed E-state index contributed by atoms with van der Waals surface area (Å²) in [7, 11) is 1.69. The largest absolute Gasteiger partial charge is 0.489 e. The zero-order chi connectivity index (χ0) is 15.2. The quantitative estimate of drug-likeness (QED) is 0.790. The highest BCUT2D eigenvalue weighted by Gasteiger charge is 2.06. The first kappa shape index (κ1) is 15.2. The number of rotatable bonds is 6. The smallest absolute Gasteiger partial charge is 0.144 e. The molecule has 4 nitrogen and oxygen atoms in total. The molecule has 0 aromatic heterocycles. The molecule has 0 atom stereocenters. The van der Waals surface area contributed by atoms with E-state index in [1.807, 2.05) is 56.3 Å². The van der Waals surface area contributed by atoms with Gasteiger partial charge in [0.05, 0.1) is 18.4 Å². The molecule has 0 saturated heterocycles. The summed E-state index contributed by atoms with van der Waals surface area (Å²) < 4.78 is 10.9. The van der Waals surface area contributed by atoms with Crippen LogP contribution in [0.5, 0.6) is 5.75 Å². The standard InChI is InChI=1S/C17H22N2O2/c1-12(2)21-17-10-14(8-9-15(17)18)19-16-7-5-4-6-13(16)11-20-3/h4-10,12,19H,11,18H2,1-3H3. The molecule has 0 bridgehead atoms. The van der Waals surface area contributed by atoms with E-state index in [9.17, 15) is 0 Å². The number of nitrogen functional groups attached to an aromatic ring is 1. The Morgan fingerprint density at radius 2 is 1.90 bits per heavy atom. The van der Waals surface area contributed by atoms with Gasteiger partial charge in [-0.3, -0.25) is 0 Å². The van der Waals surface area contributed by atoms with Crippen LogP contribution in [0, 0.1) is 0 Å². The number of hydrogen-bond donors (Lipinski definition) is 2. The second-order valence-electron chi connectivity index (χ2n) is 5.13. The Kier molecular flexibility index (Phi) is 5.06. The maximum atomic E-state index is 5.94. The van der Waals surface area contributed by atoms with Crippen molar-refractivity contribution in [1.82, 2.24) is 0 Å². The van der Waals surface area contributed by atoms with Crippen LogP contribution in [0.3, 0.4) is 0 Å². The maximum Gasteiger partial charge on any atom is 0.144 e. The van der Waals surface area contributed by atoms with Crippen molar-refractivity contribution in [2.45, 2.75) is 26.6 Å². The van der Waals surface area contributed by atoms with Crippen LogP contribution in [-0.4, -0.2) is 13.2 Å². The van der Waals surface area contributed by atoms with Crippen molar-refractivity contribution in [3.63, 3.8) is 0 Å². The predicted octanol–water partition coefficient (Wildman–Crippen LogP) is 3.95. The maximum absolute atomic E-state index is 5.94. The van der Waals surface area contributed by atoms with Crippen molar-refractivity contribution in [3.8, 4) is 5.75 Å². The van der Waals surface area contributed by atoms with E-state index >= 15 is 0 Å². The van der Waals surface area contributed by atoms with Crippen LogP contribution >= 0.6 is 0 Å². The monoisotopic (exact) mass is 286 g/mol. The number of para-hydroxylation sites is 1. The Labute approximate surface area is 125 Å². The summed E-state index contributed by atoms with van der Waals surface area (Å²) >= 11 is 0. The fourth-order valence-electron chi connectivity index (χ4n) is 2.05. The zero-order valence-electron chi connectivity index (χ0n) is 12.7. The van der Waals surface area contributed by atoms with Gasteiger partial charge in [0, 0.05) is 30.1 Å². The second-order valence-corrected chi connectivity index (χ2v) is 5.13. The molecule has 0 spiro atoms. The number of nitrogens with one attached hydrogen (secondary N) is 1. The number of ether oxygens (including phenoxy) is 2. The number of anilines is 3. The molecule has 0 aliphatic rings. The molecule has 2 aromatic rings. The van der Waals surface area contributed by atoms with Crippen molar-refractivity contribution in [2.24, 2.45) is 0 Å². The summed E-state index contributed by atoms with van der Waals surface area (Å²) in [5, 5.41) is 3.38. The molecule has 0 unspecified atom stereocenters. The molecule has 0 aliphatic carbocycles. The van der Waals surface area contributed by atoms with E-state index in [2.05, 4.69) is 5.32 Å². The van der Waals surface area contributed by atoms with Gasteiger partial charge in [-0.15, -0.1) is 0 Å². The van der Waals surface area contributed by atoms with Crippen LogP contribution in [0.1, 0.15) is 19.4 Å². The summed E-state index contributed by atoms with van der Waals surface area (Å²) in [5.74, 6) is 0.694.